The van der Waals surface area contributed by atoms with Crippen molar-refractivity contribution in [3.8, 4) is 0 Å². The van der Waals surface area contributed by atoms with E-state index in [-0.39, 0.29) is 18.4 Å². The van der Waals surface area contributed by atoms with Crippen molar-refractivity contribution in [1.29, 1.82) is 0 Å². The standard InChI is InChI=1S/C44H40N2O2Si2/c1-35-34-42(47)46(43(35)48)44(32-33-45,49(36-20-8-2-9-21-36,37-22-10-3-11-23-37)38-24-12-4-13-25-38)50(39-26-14-5-15-27-39,40-28-16-6-17-29-40)41-30-18-7-19-31-41/h2-31,34H,32-33,45H2,1H3. The third kappa shape index (κ3) is 4.90. The van der Waals surface area contributed by atoms with Crippen LogP contribution in [-0.2, 0) is 9.59 Å². The molecule has 2 amide bonds. The fourth-order valence-electron chi connectivity index (χ4n) is 8.82. The van der Waals surface area contributed by atoms with E-state index in [9.17, 15) is 0 Å². The Hall–Kier alpha value is -5.41. The van der Waals surface area contributed by atoms with Crippen molar-refractivity contribution < 1.29 is 9.59 Å². The molecule has 0 saturated heterocycles. The quantitative estimate of drug-likeness (QED) is 0.128. The number of benzene rings is 6. The maximum absolute atomic E-state index is 15.2. The zero-order valence-corrected chi connectivity index (χ0v) is 30.2. The highest BCUT2D eigenvalue weighted by atomic mass is 28.4. The molecular weight excluding hydrogens is 645 g/mol. The van der Waals surface area contributed by atoms with E-state index < -0.39 is 20.9 Å². The van der Waals surface area contributed by atoms with Crippen molar-refractivity contribution >= 4 is 59.1 Å². The first-order chi connectivity index (χ1) is 24.5. The summed E-state index contributed by atoms with van der Waals surface area (Å²) in [5.41, 5.74) is 7.38. The Labute approximate surface area is 296 Å². The van der Waals surface area contributed by atoms with Gasteiger partial charge in [0.15, 0.2) is 16.1 Å². The van der Waals surface area contributed by atoms with Crippen LogP contribution in [0, 0.1) is 0 Å². The molecule has 0 fully saturated rings. The van der Waals surface area contributed by atoms with E-state index in [4.69, 9.17) is 5.73 Å². The van der Waals surface area contributed by atoms with Crippen molar-refractivity contribution in [2.24, 2.45) is 5.73 Å². The van der Waals surface area contributed by atoms with Crippen molar-refractivity contribution in [3.63, 3.8) is 0 Å². The fraction of sp³-hybridized carbons (Fsp3) is 0.0909. The van der Waals surface area contributed by atoms with E-state index >= 15 is 9.59 Å². The molecule has 50 heavy (non-hydrogen) atoms. The molecule has 6 aromatic rings. The minimum absolute atomic E-state index is 0.249. The monoisotopic (exact) mass is 684 g/mol. The van der Waals surface area contributed by atoms with Gasteiger partial charge in [0.2, 0.25) is 0 Å². The van der Waals surface area contributed by atoms with Gasteiger partial charge >= 0.3 is 0 Å². The summed E-state index contributed by atoms with van der Waals surface area (Å²) in [6.07, 6.45) is 1.91. The van der Waals surface area contributed by atoms with E-state index in [0.717, 1.165) is 31.1 Å². The Morgan fingerprint density at radius 1 is 0.480 bits per heavy atom. The average molecular weight is 685 g/mol. The van der Waals surface area contributed by atoms with Gasteiger partial charge in [-0.15, -0.1) is 0 Å². The second-order valence-corrected chi connectivity index (χ2v) is 21.5. The molecule has 0 unspecified atom stereocenters. The predicted octanol–water partition coefficient (Wildman–Crippen LogP) is 3.81. The highest BCUT2D eigenvalue weighted by Crippen LogP contribution is 2.42. The van der Waals surface area contributed by atoms with E-state index in [0.29, 0.717) is 12.0 Å². The van der Waals surface area contributed by atoms with E-state index in [1.807, 2.05) is 36.4 Å². The molecule has 2 N–H and O–H groups in total. The Morgan fingerprint density at radius 2 is 0.740 bits per heavy atom. The van der Waals surface area contributed by atoms with Gasteiger partial charge in [0.05, 0.1) is 4.79 Å². The first kappa shape index (κ1) is 33.1. The molecule has 1 heterocycles. The van der Waals surface area contributed by atoms with Crippen LogP contribution in [0.2, 0.25) is 0 Å². The molecule has 7 rings (SSSR count). The summed E-state index contributed by atoms with van der Waals surface area (Å²) in [5.74, 6) is -0.553. The van der Waals surface area contributed by atoms with Gasteiger partial charge in [-0.2, -0.15) is 0 Å². The maximum Gasteiger partial charge on any atom is 0.256 e. The fourth-order valence-corrected chi connectivity index (χ4v) is 24.8. The Balaban J connectivity index is 1.87. The van der Waals surface area contributed by atoms with Gasteiger partial charge in [-0.3, -0.25) is 14.5 Å². The number of carbonyl (C=O) groups is 2. The van der Waals surface area contributed by atoms with Crippen molar-refractivity contribution in [2.45, 2.75) is 18.1 Å². The molecule has 0 radical (unpaired) electrons. The average Bonchev–Trinajstić information content (AvgIpc) is 3.44. The molecule has 0 spiro atoms. The van der Waals surface area contributed by atoms with Crippen LogP contribution in [0.4, 0.5) is 0 Å². The van der Waals surface area contributed by atoms with Gasteiger partial charge in [-0.25, -0.2) is 0 Å². The summed E-state index contributed by atoms with van der Waals surface area (Å²) in [6.45, 7) is 2.01. The number of carbonyl (C=O) groups excluding carboxylic acids is 2. The van der Waals surface area contributed by atoms with Crippen LogP contribution in [0.3, 0.4) is 0 Å². The highest BCUT2D eigenvalue weighted by molar-refractivity contribution is 7.29. The van der Waals surface area contributed by atoms with Crippen LogP contribution in [0.25, 0.3) is 0 Å². The summed E-state index contributed by atoms with van der Waals surface area (Å²) in [5, 5.41) is 6.64. The second-order valence-electron chi connectivity index (χ2n) is 12.9. The number of nitrogens with zero attached hydrogens (tertiary/aromatic N) is 1. The second kappa shape index (κ2) is 13.8. The number of imide groups is 1. The largest absolute Gasteiger partial charge is 0.330 e. The Bertz CT molecular complexity index is 1790. The van der Waals surface area contributed by atoms with Gasteiger partial charge < -0.3 is 5.73 Å². The first-order valence-corrected chi connectivity index (χ1v) is 21.1. The van der Waals surface area contributed by atoms with Crippen LogP contribution in [0.5, 0.6) is 0 Å². The van der Waals surface area contributed by atoms with Gasteiger partial charge in [0.25, 0.3) is 11.8 Å². The van der Waals surface area contributed by atoms with Crippen LogP contribution >= 0.6 is 0 Å². The zero-order valence-electron chi connectivity index (χ0n) is 28.2. The molecule has 0 aliphatic carbocycles. The lowest BCUT2D eigenvalue weighted by Gasteiger charge is -2.62. The first-order valence-electron chi connectivity index (χ1n) is 17.1. The van der Waals surface area contributed by atoms with Crippen LogP contribution in [0.15, 0.2) is 194 Å². The summed E-state index contributed by atoms with van der Waals surface area (Å²) in [4.78, 5) is 30.7. The lowest BCUT2D eigenvalue weighted by atomic mass is 10.3. The molecule has 4 nitrogen and oxygen atoms in total. The summed E-state index contributed by atoms with van der Waals surface area (Å²) in [6, 6.07) is 63.8. The summed E-state index contributed by atoms with van der Waals surface area (Å²) in [7, 11) is -7.31. The Morgan fingerprint density at radius 3 is 0.940 bits per heavy atom. The number of amides is 2. The minimum atomic E-state index is -3.65. The molecule has 6 aromatic carbocycles. The van der Waals surface area contributed by atoms with E-state index in [2.05, 4.69) is 146 Å². The lowest BCUT2D eigenvalue weighted by Crippen LogP contribution is -2.98. The third-order valence-corrected chi connectivity index (χ3v) is 23.3. The molecule has 1 aliphatic heterocycles. The summed E-state index contributed by atoms with van der Waals surface area (Å²) < 4.78 is 0. The minimum Gasteiger partial charge on any atom is -0.330 e. The number of hydrogen-bond acceptors (Lipinski definition) is 3. The molecule has 1 aliphatic rings. The zero-order chi connectivity index (χ0) is 34.6. The summed E-state index contributed by atoms with van der Waals surface area (Å²) >= 11 is 0. The van der Waals surface area contributed by atoms with Crippen LogP contribution < -0.4 is 36.9 Å². The number of hydrogen-bond donors (Lipinski definition) is 1. The maximum atomic E-state index is 15.2. The smallest absolute Gasteiger partial charge is 0.256 e. The topological polar surface area (TPSA) is 63.4 Å². The molecule has 246 valence electrons. The van der Waals surface area contributed by atoms with Crippen LogP contribution in [0.1, 0.15) is 13.3 Å². The molecule has 6 heteroatoms. The highest BCUT2D eigenvalue weighted by Gasteiger charge is 2.73. The molecule has 0 atom stereocenters. The molecule has 0 bridgehead atoms. The lowest BCUT2D eigenvalue weighted by molar-refractivity contribution is -0.139. The van der Waals surface area contributed by atoms with Gasteiger partial charge in [-0.1, -0.05) is 182 Å². The molecular formula is C44H40N2O2Si2. The van der Waals surface area contributed by atoms with Gasteiger partial charge in [0.1, 0.15) is 0 Å². The van der Waals surface area contributed by atoms with Crippen LogP contribution in [-0.4, -0.2) is 44.2 Å². The van der Waals surface area contributed by atoms with Gasteiger partial charge in [0, 0.05) is 11.6 Å². The van der Waals surface area contributed by atoms with Crippen molar-refractivity contribution in [1.82, 2.24) is 4.90 Å². The van der Waals surface area contributed by atoms with Crippen molar-refractivity contribution in [2.75, 3.05) is 6.54 Å². The Kier molecular flexibility index (Phi) is 9.16. The predicted molar refractivity (Wildman–Crippen MR) is 210 cm³/mol. The third-order valence-electron chi connectivity index (χ3n) is 10.5. The SMILES string of the molecule is CC1=CC(=O)N(C(CCN)([Si](c2ccccc2)(c2ccccc2)c2ccccc2)[Si](c2ccccc2)(c2ccccc2)c2ccccc2)C1=O. The van der Waals surface area contributed by atoms with E-state index in [1.54, 1.807) is 11.8 Å². The van der Waals surface area contributed by atoms with E-state index in [1.165, 1.54) is 6.08 Å². The number of nitrogens with two attached hydrogens (primary N) is 1. The number of rotatable bonds is 11. The van der Waals surface area contributed by atoms with Gasteiger partial charge in [-0.05, 0) is 51.0 Å². The molecule has 0 aromatic heterocycles. The molecule has 0 saturated carbocycles. The van der Waals surface area contributed by atoms with Crippen molar-refractivity contribution in [3.05, 3.63) is 194 Å². The normalized spacial score (nSPS) is 13.7.